The van der Waals surface area contributed by atoms with Gasteiger partial charge in [-0.25, -0.2) is 19.6 Å². The molecular formula is C63H70N6O9+2. The molecule has 0 radical (unpaired) electrons. The summed E-state index contributed by atoms with van der Waals surface area (Å²) in [5.74, 6) is -1.19. The van der Waals surface area contributed by atoms with Crippen LogP contribution in [0.1, 0.15) is 109 Å². The Balaban J connectivity index is 0.000000224. The minimum absolute atomic E-state index is 0.0652. The molecule has 3 aliphatic heterocycles. The molecule has 0 aromatic heterocycles. The van der Waals surface area contributed by atoms with Crippen LogP contribution in [0.25, 0.3) is 66.8 Å². The summed E-state index contributed by atoms with van der Waals surface area (Å²) in [6, 6.07) is 31.4. The van der Waals surface area contributed by atoms with Crippen molar-refractivity contribution in [3.05, 3.63) is 141 Å². The second kappa shape index (κ2) is 24.6. The van der Waals surface area contributed by atoms with Gasteiger partial charge in [0.25, 0.3) is 17.7 Å². The van der Waals surface area contributed by atoms with Gasteiger partial charge in [-0.3, -0.25) is 14.4 Å². The van der Waals surface area contributed by atoms with Crippen molar-refractivity contribution in [3.8, 4) is 44.9 Å². The van der Waals surface area contributed by atoms with E-state index in [9.17, 15) is 29.1 Å². The van der Waals surface area contributed by atoms with Crippen molar-refractivity contribution >= 4 is 63.0 Å². The largest absolute Gasteiger partial charge is 0.478 e. The summed E-state index contributed by atoms with van der Waals surface area (Å²) in [5.41, 5.74) is 13.8. The third kappa shape index (κ3) is 11.8. The van der Waals surface area contributed by atoms with Crippen LogP contribution in [0.2, 0.25) is 0 Å². The molecule has 4 aromatic carbocycles. The minimum Gasteiger partial charge on any atom is -0.478 e. The molecule has 4 aromatic rings. The van der Waals surface area contributed by atoms with Gasteiger partial charge in [0, 0.05) is 119 Å². The van der Waals surface area contributed by atoms with E-state index in [1.807, 2.05) is 74.5 Å². The molecular weight excluding hydrogens is 985 g/mol. The molecule has 78 heavy (non-hydrogen) atoms. The van der Waals surface area contributed by atoms with Crippen molar-refractivity contribution < 1.29 is 52.7 Å². The van der Waals surface area contributed by atoms with Crippen LogP contribution >= 0.6 is 0 Å². The number of carbonyl (C=O) groups is 5. The van der Waals surface area contributed by atoms with E-state index < -0.39 is 23.8 Å². The predicted octanol–water partition coefficient (Wildman–Crippen LogP) is 8.45. The highest BCUT2D eigenvalue weighted by atomic mass is 16.7. The molecule has 2 aliphatic carbocycles. The number of benzene rings is 6. The highest BCUT2D eigenvalue weighted by molar-refractivity contribution is 6.10. The lowest BCUT2D eigenvalue weighted by molar-refractivity contribution is -0.496. The first-order valence-electron chi connectivity index (χ1n) is 27.0. The van der Waals surface area contributed by atoms with Crippen molar-refractivity contribution in [2.24, 2.45) is 0 Å². The number of carboxylic acids is 1. The quantitative estimate of drug-likeness (QED) is 0.0333. The van der Waals surface area contributed by atoms with E-state index in [-0.39, 0.29) is 30.7 Å². The van der Waals surface area contributed by atoms with E-state index in [1.54, 1.807) is 24.1 Å². The summed E-state index contributed by atoms with van der Waals surface area (Å²) in [7, 11) is 1.79. The zero-order chi connectivity index (χ0) is 55.8. The number of carbonyl (C=O) groups excluding carboxylic acids is 4. The summed E-state index contributed by atoms with van der Waals surface area (Å²) < 4.78 is 12.9. The van der Waals surface area contributed by atoms with E-state index in [0.29, 0.717) is 42.0 Å². The number of fused-ring (bicyclic) bond motifs is 4. The Labute approximate surface area is 454 Å². The summed E-state index contributed by atoms with van der Waals surface area (Å²) in [6.07, 6.45) is 2.08. The number of hydroxylamine groups is 2. The maximum Gasteiger partial charge on any atom is 0.336 e. The van der Waals surface area contributed by atoms with Crippen LogP contribution in [-0.4, -0.2) is 84.5 Å². The smallest absolute Gasteiger partial charge is 0.336 e. The van der Waals surface area contributed by atoms with Crippen LogP contribution < -0.4 is 31.3 Å². The number of imide groups is 1. The maximum atomic E-state index is 14.0. The molecule has 404 valence electrons. The predicted molar refractivity (Wildman–Crippen MR) is 303 cm³/mol. The van der Waals surface area contributed by atoms with E-state index in [1.165, 1.54) is 0 Å². The summed E-state index contributed by atoms with van der Waals surface area (Å²) in [5, 5.41) is 21.1. The lowest BCUT2D eigenvalue weighted by atomic mass is 9.89. The summed E-state index contributed by atoms with van der Waals surface area (Å²) in [6.45, 7) is 20.1. The van der Waals surface area contributed by atoms with Crippen molar-refractivity contribution in [2.75, 3.05) is 50.4 Å². The van der Waals surface area contributed by atoms with Crippen molar-refractivity contribution in [1.29, 1.82) is 0 Å². The average molecular weight is 1060 g/mol. The van der Waals surface area contributed by atoms with Crippen LogP contribution in [0.15, 0.2) is 106 Å². The lowest BCUT2D eigenvalue weighted by Gasteiger charge is -2.22. The van der Waals surface area contributed by atoms with Gasteiger partial charge in [-0.05, 0) is 127 Å². The fourth-order valence-electron chi connectivity index (χ4n) is 10.2. The number of anilines is 2. The Morgan fingerprint density at radius 3 is 1.56 bits per heavy atom. The number of nitrogens with one attached hydrogen (secondary N) is 4. The molecule has 1 fully saturated rings. The topological polar surface area (TPSA) is 200 Å². The van der Waals surface area contributed by atoms with Gasteiger partial charge in [0.15, 0.2) is 0 Å². The summed E-state index contributed by atoms with van der Waals surface area (Å²) in [4.78, 5) is 75.0. The zero-order valence-corrected chi connectivity index (χ0v) is 46.1. The molecule has 3 heterocycles. The number of hydrogen-bond donors (Lipinski definition) is 5. The molecule has 3 amide bonds. The van der Waals surface area contributed by atoms with Gasteiger partial charge in [0.05, 0.1) is 17.7 Å². The first kappa shape index (κ1) is 55.6. The van der Waals surface area contributed by atoms with Gasteiger partial charge < -0.3 is 34.3 Å². The molecule has 9 rings (SSSR count). The molecule has 0 spiro atoms. The van der Waals surface area contributed by atoms with E-state index >= 15 is 0 Å². The number of aryl methyl sites for hydroxylation is 4. The molecule has 0 unspecified atom stereocenters. The van der Waals surface area contributed by atoms with Gasteiger partial charge in [-0.1, -0.05) is 42.8 Å². The van der Waals surface area contributed by atoms with Gasteiger partial charge in [0.2, 0.25) is 10.7 Å². The number of unbranched alkanes of at least 4 members (excludes halogenated alkanes) is 2. The highest BCUT2D eigenvalue weighted by Crippen LogP contribution is 2.45. The number of amides is 3. The third-order valence-electron chi connectivity index (χ3n) is 14.1. The van der Waals surface area contributed by atoms with Crippen LogP contribution in [0.5, 0.6) is 0 Å². The van der Waals surface area contributed by atoms with Crippen LogP contribution in [0, 0.1) is 27.7 Å². The SMILES string of the molecule is CCNc1cc2oc3cc(=[NH+]CC)c(C)cc-3c(-c3ccccc3C(=O)N(C)CCCCCC(=O)ON3C(=O)CCC3=O)c2cc1C.CCNc1cc2oc3cc(=[NH+]CC)c(C)cc-3c(-c3ccccc3C(=O)O)c2cc1C. The second-order valence-electron chi connectivity index (χ2n) is 19.7. The lowest BCUT2D eigenvalue weighted by Crippen LogP contribution is -2.76. The zero-order valence-electron chi connectivity index (χ0n) is 46.1. The number of nitrogens with zero attached hydrogens (tertiary/aromatic N) is 2. The van der Waals surface area contributed by atoms with Gasteiger partial charge in [-0.2, -0.15) is 0 Å². The Morgan fingerprint density at radius 1 is 0.615 bits per heavy atom. The van der Waals surface area contributed by atoms with E-state index in [0.717, 1.165) is 132 Å². The first-order valence-corrected chi connectivity index (χ1v) is 27.0. The fourth-order valence-corrected chi connectivity index (χ4v) is 10.2. The maximum absolute atomic E-state index is 14.0. The van der Waals surface area contributed by atoms with E-state index in [2.05, 4.69) is 86.4 Å². The monoisotopic (exact) mass is 1050 g/mol. The van der Waals surface area contributed by atoms with Crippen LogP contribution in [0.4, 0.5) is 11.4 Å². The van der Waals surface area contributed by atoms with Crippen molar-refractivity contribution in [2.45, 2.75) is 93.9 Å². The van der Waals surface area contributed by atoms with Gasteiger partial charge >= 0.3 is 11.9 Å². The number of carboxylic acid groups (broad SMARTS) is 1. The second-order valence-corrected chi connectivity index (χ2v) is 19.7. The molecule has 1 saturated heterocycles. The Bertz CT molecular complexity index is 3670. The third-order valence-corrected chi connectivity index (χ3v) is 14.1. The Hall–Kier alpha value is -8.59. The summed E-state index contributed by atoms with van der Waals surface area (Å²) >= 11 is 0. The van der Waals surface area contributed by atoms with Gasteiger partial charge in [0.1, 0.15) is 35.8 Å². The molecule has 5 aliphatic rings. The number of aromatic carboxylic acids is 1. The molecule has 0 saturated carbocycles. The van der Waals surface area contributed by atoms with Crippen LogP contribution in [-0.2, 0) is 19.2 Å². The normalized spacial score (nSPS) is 12.9. The Morgan fingerprint density at radius 2 is 1.09 bits per heavy atom. The minimum atomic E-state index is -0.945. The number of hydrogen-bond acceptors (Lipinski definition) is 10. The molecule has 15 nitrogen and oxygen atoms in total. The Kier molecular flexibility index (Phi) is 17.5. The fraction of sp³-hybridized carbons (Fsp3) is 0.317. The molecule has 15 heteroatoms. The first-order chi connectivity index (χ1) is 37.6. The number of rotatable bonds is 17. The van der Waals surface area contributed by atoms with Crippen molar-refractivity contribution in [3.63, 3.8) is 0 Å². The molecule has 0 bridgehead atoms. The highest BCUT2D eigenvalue weighted by Gasteiger charge is 2.33. The molecule has 5 N–H and O–H groups in total. The van der Waals surface area contributed by atoms with Crippen LogP contribution in [0.3, 0.4) is 0 Å². The standard InChI is InChI=1S/C37H42N4O6.C26H26N2O3/c1-6-38-29-21-31-27(19-23(29)3)36(28-20-24(4)30(39-7-2)22-32(28)46-31)25-13-10-11-14-26(25)37(45)40(5)18-12-8-9-15-35(44)47-41-33(42)16-17-34(41)43;1-5-27-21-13-23-19(11-15(21)3)25(17-9-7-8-10-18(17)26(29)30)20-12-16(4)22(28-6-2)14-24(20)31-23/h10-11,13-14,19-22,38H,6-9,12,15-18H2,1-5H3;7-14,27H,5-6H2,1-4H3,(H,29,30)/p+2. The van der Waals surface area contributed by atoms with Crippen molar-refractivity contribution in [1.82, 2.24) is 9.96 Å². The average Bonchev–Trinajstić information content (AvgIpc) is 3.91. The van der Waals surface area contributed by atoms with E-state index in [4.69, 9.17) is 13.7 Å². The van der Waals surface area contributed by atoms with Gasteiger partial charge in [-0.15, -0.1) is 5.06 Å². The molecule has 0 atom stereocenters.